The number of aromatic nitrogens is 2. The van der Waals surface area contributed by atoms with Crippen molar-refractivity contribution >= 4 is 6.29 Å². The van der Waals surface area contributed by atoms with Gasteiger partial charge in [0.15, 0.2) is 11.6 Å². The van der Waals surface area contributed by atoms with Crippen LogP contribution in [0.3, 0.4) is 0 Å². The molecule has 2 heterocycles. The highest BCUT2D eigenvalue weighted by molar-refractivity contribution is 5.56. The molecule has 0 spiro atoms. The number of benzene rings is 1. The fourth-order valence-electron chi connectivity index (χ4n) is 2.47. The van der Waals surface area contributed by atoms with Crippen LogP contribution in [0, 0.1) is 12.7 Å². The summed E-state index contributed by atoms with van der Waals surface area (Å²) in [5.41, 5.74) is 1.57. The summed E-state index contributed by atoms with van der Waals surface area (Å²) in [7, 11) is 0. The molecule has 3 rings (SSSR count). The monoisotopic (exact) mass is 331 g/mol. The fourth-order valence-corrected chi connectivity index (χ4v) is 2.47. The summed E-state index contributed by atoms with van der Waals surface area (Å²) < 4.78 is 24.5. The van der Waals surface area contributed by atoms with Crippen molar-refractivity contribution in [3.63, 3.8) is 0 Å². The summed E-state index contributed by atoms with van der Waals surface area (Å²) in [5.74, 6) is -0.0898. The topological polar surface area (TPSA) is 64.6 Å². The van der Waals surface area contributed by atoms with Crippen molar-refractivity contribution in [2.24, 2.45) is 0 Å². The molecule has 0 amide bonds. The summed E-state index contributed by atoms with van der Waals surface area (Å²) in [6.07, 6.45) is 3.48. The van der Waals surface area contributed by atoms with Gasteiger partial charge in [0.25, 0.3) is 0 Å². The van der Waals surface area contributed by atoms with Crippen LogP contribution in [0.1, 0.15) is 11.3 Å². The number of carbonyl (C=O) groups is 1. The van der Waals surface area contributed by atoms with Crippen LogP contribution in [-0.4, -0.2) is 47.0 Å². The van der Waals surface area contributed by atoms with E-state index >= 15 is 0 Å². The average Bonchev–Trinajstić information content (AvgIpc) is 2.59. The largest absolute Gasteiger partial charge is 0.434 e. The van der Waals surface area contributed by atoms with E-state index in [4.69, 9.17) is 9.47 Å². The van der Waals surface area contributed by atoms with Crippen molar-refractivity contribution < 1.29 is 18.7 Å². The summed E-state index contributed by atoms with van der Waals surface area (Å²) >= 11 is 0. The Morgan fingerprint density at radius 2 is 2.29 bits per heavy atom. The molecule has 0 aliphatic carbocycles. The molecule has 24 heavy (non-hydrogen) atoms. The number of nitrogens with zero attached hydrogens (tertiary/aromatic N) is 3. The molecule has 7 heteroatoms. The number of hydrogen-bond acceptors (Lipinski definition) is 6. The zero-order valence-corrected chi connectivity index (χ0v) is 13.3. The van der Waals surface area contributed by atoms with E-state index in [1.165, 1.54) is 12.3 Å². The maximum Gasteiger partial charge on any atom is 0.237 e. The second-order valence-electron chi connectivity index (χ2n) is 5.66. The maximum atomic E-state index is 13.8. The molecule has 0 saturated carbocycles. The second kappa shape index (κ2) is 7.46. The molecule has 1 aromatic carbocycles. The van der Waals surface area contributed by atoms with E-state index < -0.39 is 5.82 Å². The zero-order valence-electron chi connectivity index (χ0n) is 13.3. The van der Waals surface area contributed by atoms with Crippen LogP contribution < -0.4 is 4.74 Å². The van der Waals surface area contributed by atoms with Crippen LogP contribution in [0.25, 0.3) is 0 Å². The molecule has 1 saturated heterocycles. The average molecular weight is 331 g/mol. The highest BCUT2D eigenvalue weighted by Gasteiger charge is 2.20. The molecule has 1 aromatic heterocycles. The Morgan fingerprint density at radius 1 is 1.42 bits per heavy atom. The number of ether oxygens (including phenoxy) is 2. The molecular weight excluding hydrogens is 313 g/mol. The van der Waals surface area contributed by atoms with Gasteiger partial charge >= 0.3 is 0 Å². The van der Waals surface area contributed by atoms with E-state index in [9.17, 15) is 9.18 Å². The van der Waals surface area contributed by atoms with Crippen molar-refractivity contribution in [3.05, 3.63) is 47.7 Å². The lowest BCUT2D eigenvalue weighted by molar-refractivity contribution is -0.123. The molecule has 0 N–H and O–H groups in total. The van der Waals surface area contributed by atoms with Crippen LogP contribution >= 0.6 is 0 Å². The van der Waals surface area contributed by atoms with Gasteiger partial charge in [-0.05, 0) is 24.6 Å². The highest BCUT2D eigenvalue weighted by atomic mass is 19.1. The molecular formula is C17H18FN3O3. The van der Waals surface area contributed by atoms with Crippen LogP contribution in [0.4, 0.5) is 4.39 Å². The van der Waals surface area contributed by atoms with Gasteiger partial charge in [0.1, 0.15) is 12.4 Å². The first-order valence-corrected chi connectivity index (χ1v) is 7.68. The summed E-state index contributed by atoms with van der Waals surface area (Å²) in [6.45, 7) is 4.17. The third-order valence-electron chi connectivity index (χ3n) is 3.70. The summed E-state index contributed by atoms with van der Waals surface area (Å²) in [6, 6.07) is 4.73. The van der Waals surface area contributed by atoms with Crippen molar-refractivity contribution in [3.8, 4) is 11.6 Å². The first-order valence-electron chi connectivity index (χ1n) is 7.68. The SMILES string of the molecule is Cc1ccc(Oc2cnc(CN3CCOC(C=O)C3)cn2)c(F)c1. The maximum absolute atomic E-state index is 13.8. The normalized spacial score (nSPS) is 18.3. The van der Waals surface area contributed by atoms with E-state index in [-0.39, 0.29) is 17.7 Å². The Hall–Kier alpha value is -2.38. The van der Waals surface area contributed by atoms with Gasteiger partial charge in [-0.1, -0.05) is 6.07 Å². The summed E-state index contributed by atoms with van der Waals surface area (Å²) in [4.78, 5) is 21.3. The molecule has 1 fully saturated rings. The van der Waals surface area contributed by atoms with Crippen LogP contribution in [-0.2, 0) is 16.1 Å². The smallest absolute Gasteiger partial charge is 0.237 e. The lowest BCUT2D eigenvalue weighted by Gasteiger charge is -2.29. The van der Waals surface area contributed by atoms with E-state index in [1.54, 1.807) is 18.3 Å². The molecule has 0 radical (unpaired) electrons. The standard InChI is InChI=1S/C17H18FN3O3/c1-12-2-3-16(15(18)6-12)24-17-8-19-13(7-20-17)9-21-4-5-23-14(10-21)11-22/h2-3,6-8,11,14H,4-5,9-10H2,1H3. The van der Waals surface area contributed by atoms with E-state index in [0.29, 0.717) is 19.7 Å². The molecule has 1 aliphatic heterocycles. The predicted molar refractivity (Wildman–Crippen MR) is 84.3 cm³/mol. The van der Waals surface area contributed by atoms with Gasteiger partial charge in [-0.15, -0.1) is 0 Å². The van der Waals surface area contributed by atoms with E-state index in [0.717, 1.165) is 24.1 Å². The van der Waals surface area contributed by atoms with Gasteiger partial charge < -0.3 is 14.3 Å². The number of rotatable bonds is 5. The fraction of sp³-hybridized carbons (Fsp3) is 0.353. The lowest BCUT2D eigenvalue weighted by atomic mass is 10.2. The second-order valence-corrected chi connectivity index (χ2v) is 5.66. The quantitative estimate of drug-likeness (QED) is 0.782. The Balaban J connectivity index is 1.62. The van der Waals surface area contributed by atoms with Crippen LogP contribution in [0.5, 0.6) is 11.6 Å². The van der Waals surface area contributed by atoms with E-state index in [1.807, 2.05) is 6.92 Å². The van der Waals surface area contributed by atoms with Gasteiger partial charge in [0.2, 0.25) is 5.88 Å². The molecule has 1 aliphatic rings. The van der Waals surface area contributed by atoms with Crippen molar-refractivity contribution in [1.29, 1.82) is 0 Å². The number of halogens is 1. The Morgan fingerprint density at radius 3 is 3.00 bits per heavy atom. The minimum absolute atomic E-state index is 0.115. The van der Waals surface area contributed by atoms with Gasteiger partial charge in [-0.2, -0.15) is 0 Å². The Bertz CT molecular complexity index is 709. The Kier molecular flexibility index (Phi) is 5.12. The zero-order chi connectivity index (χ0) is 16.9. The third kappa shape index (κ3) is 4.12. The molecule has 126 valence electrons. The Labute approximate surface area is 139 Å². The van der Waals surface area contributed by atoms with Gasteiger partial charge in [-0.25, -0.2) is 9.37 Å². The minimum atomic E-state index is -0.436. The predicted octanol–water partition coefficient (Wildman–Crippen LogP) is 2.12. The number of aldehydes is 1. The van der Waals surface area contributed by atoms with E-state index in [2.05, 4.69) is 14.9 Å². The first-order chi connectivity index (χ1) is 11.6. The van der Waals surface area contributed by atoms with Crippen molar-refractivity contribution in [2.45, 2.75) is 19.6 Å². The molecule has 6 nitrogen and oxygen atoms in total. The summed E-state index contributed by atoms with van der Waals surface area (Å²) in [5, 5.41) is 0. The number of hydrogen-bond donors (Lipinski definition) is 0. The van der Waals surface area contributed by atoms with Crippen LogP contribution in [0.15, 0.2) is 30.6 Å². The number of carbonyl (C=O) groups excluding carboxylic acids is 1. The van der Waals surface area contributed by atoms with Gasteiger partial charge in [-0.3, -0.25) is 9.88 Å². The minimum Gasteiger partial charge on any atom is -0.434 e. The molecule has 0 bridgehead atoms. The lowest BCUT2D eigenvalue weighted by Crippen LogP contribution is -2.42. The molecule has 1 unspecified atom stereocenters. The molecule has 2 aromatic rings. The highest BCUT2D eigenvalue weighted by Crippen LogP contribution is 2.23. The molecule has 1 atom stereocenters. The van der Waals surface area contributed by atoms with Crippen molar-refractivity contribution in [2.75, 3.05) is 19.7 Å². The van der Waals surface area contributed by atoms with Gasteiger partial charge in [0, 0.05) is 19.6 Å². The van der Waals surface area contributed by atoms with Gasteiger partial charge in [0.05, 0.1) is 24.7 Å². The van der Waals surface area contributed by atoms with Crippen LogP contribution in [0.2, 0.25) is 0 Å². The number of morpholine rings is 1. The number of aryl methyl sites for hydroxylation is 1. The third-order valence-corrected chi connectivity index (χ3v) is 3.70. The van der Waals surface area contributed by atoms with Crippen molar-refractivity contribution in [1.82, 2.24) is 14.9 Å². The first kappa shape index (κ1) is 16.5.